The summed E-state index contributed by atoms with van der Waals surface area (Å²) in [6.45, 7) is 1.86. The Morgan fingerprint density at radius 2 is 2.33 bits per heavy atom. The van der Waals surface area contributed by atoms with Crippen LogP contribution in [0, 0.1) is 6.92 Å². The zero-order valence-electron chi connectivity index (χ0n) is 10.3. The van der Waals surface area contributed by atoms with Crippen LogP contribution in [0.4, 0.5) is 0 Å². The number of aromatic amines is 1. The van der Waals surface area contributed by atoms with E-state index in [1.165, 1.54) is 17.9 Å². The van der Waals surface area contributed by atoms with Crippen LogP contribution in [0.1, 0.15) is 18.2 Å². The van der Waals surface area contributed by atoms with Gasteiger partial charge in [0.2, 0.25) is 0 Å². The summed E-state index contributed by atoms with van der Waals surface area (Å²) in [5.74, 6) is 0. The Balaban J connectivity index is 2.26. The average molecular weight is 256 g/mol. The van der Waals surface area contributed by atoms with Crippen molar-refractivity contribution in [2.75, 3.05) is 13.7 Å². The van der Waals surface area contributed by atoms with Crippen molar-refractivity contribution < 1.29 is 14.6 Å². The number of rotatable bonds is 3. The van der Waals surface area contributed by atoms with Gasteiger partial charge in [-0.2, -0.15) is 0 Å². The first kappa shape index (κ1) is 13.0. The van der Waals surface area contributed by atoms with Crippen molar-refractivity contribution in [3.63, 3.8) is 0 Å². The van der Waals surface area contributed by atoms with E-state index in [9.17, 15) is 14.7 Å². The first-order valence-electron chi connectivity index (χ1n) is 5.67. The number of H-pyrrole nitrogens is 1. The van der Waals surface area contributed by atoms with Gasteiger partial charge in [0.25, 0.3) is 5.56 Å². The molecule has 0 aromatic carbocycles. The Morgan fingerprint density at radius 1 is 1.61 bits per heavy atom. The van der Waals surface area contributed by atoms with Crippen LogP contribution in [-0.2, 0) is 9.47 Å². The number of hydrogen-bond acceptors (Lipinski definition) is 5. The van der Waals surface area contributed by atoms with Gasteiger partial charge >= 0.3 is 5.69 Å². The van der Waals surface area contributed by atoms with Crippen LogP contribution in [0.2, 0.25) is 0 Å². The van der Waals surface area contributed by atoms with Crippen LogP contribution >= 0.6 is 0 Å². The van der Waals surface area contributed by atoms with Crippen LogP contribution in [0.15, 0.2) is 15.8 Å². The summed E-state index contributed by atoms with van der Waals surface area (Å²) >= 11 is 0. The molecule has 0 amide bonds. The van der Waals surface area contributed by atoms with E-state index in [0.717, 1.165) is 0 Å². The first-order chi connectivity index (χ1) is 8.52. The Morgan fingerprint density at radius 3 is 3.00 bits per heavy atom. The van der Waals surface area contributed by atoms with Crippen LogP contribution in [0.5, 0.6) is 0 Å². The van der Waals surface area contributed by atoms with Crippen LogP contribution < -0.4 is 11.2 Å². The highest BCUT2D eigenvalue weighted by Crippen LogP contribution is 2.27. The summed E-state index contributed by atoms with van der Waals surface area (Å²) in [5.41, 5.74) is -0.535. The summed E-state index contributed by atoms with van der Waals surface area (Å²) < 4.78 is 11.8. The fraction of sp³-hybridized carbons (Fsp3) is 0.636. The molecule has 2 rings (SSSR count). The van der Waals surface area contributed by atoms with E-state index in [4.69, 9.17) is 9.47 Å². The van der Waals surface area contributed by atoms with Crippen LogP contribution in [0.3, 0.4) is 0 Å². The topological polar surface area (TPSA) is 93.5 Å². The van der Waals surface area contributed by atoms with E-state index < -0.39 is 29.7 Å². The lowest BCUT2D eigenvalue weighted by atomic mass is 10.2. The lowest BCUT2D eigenvalue weighted by Crippen LogP contribution is -2.33. The van der Waals surface area contributed by atoms with Gasteiger partial charge in [-0.3, -0.25) is 14.3 Å². The second kappa shape index (κ2) is 5.05. The lowest BCUT2D eigenvalue weighted by molar-refractivity contribution is -0.0547. The smallest absolute Gasteiger partial charge is 0.330 e. The molecule has 0 bridgehead atoms. The quantitative estimate of drug-likeness (QED) is 0.734. The number of ether oxygens (including phenoxy) is 2. The number of methoxy groups -OCH3 is 1. The molecule has 0 spiro atoms. The second-order valence-corrected chi connectivity index (χ2v) is 4.37. The van der Waals surface area contributed by atoms with E-state index >= 15 is 0 Å². The monoisotopic (exact) mass is 256 g/mol. The Labute approximate surface area is 103 Å². The van der Waals surface area contributed by atoms with Crippen LogP contribution in [-0.4, -0.2) is 40.6 Å². The Kier molecular flexibility index (Phi) is 3.65. The number of aryl methyl sites for hydroxylation is 1. The largest absolute Gasteiger partial charge is 0.390 e. The lowest BCUT2D eigenvalue weighted by Gasteiger charge is -2.15. The third-order valence-corrected chi connectivity index (χ3v) is 2.99. The zero-order valence-corrected chi connectivity index (χ0v) is 10.3. The number of nitrogens with zero attached hydrogens (tertiary/aromatic N) is 1. The number of aliphatic hydroxyl groups is 1. The Bertz CT molecular complexity index is 535. The van der Waals surface area contributed by atoms with Gasteiger partial charge in [0, 0.05) is 25.3 Å². The van der Waals surface area contributed by atoms with Crippen molar-refractivity contribution in [1.29, 1.82) is 0 Å². The molecule has 7 nitrogen and oxygen atoms in total. The van der Waals surface area contributed by atoms with Crippen molar-refractivity contribution in [3.8, 4) is 0 Å². The number of aliphatic hydroxyl groups excluding tert-OH is 1. The maximum Gasteiger partial charge on any atom is 0.330 e. The molecule has 1 saturated heterocycles. The molecule has 0 unspecified atom stereocenters. The number of hydrogen-bond donors (Lipinski definition) is 2. The van der Waals surface area contributed by atoms with Gasteiger partial charge in [-0.25, -0.2) is 4.79 Å². The molecular weight excluding hydrogens is 240 g/mol. The van der Waals surface area contributed by atoms with Gasteiger partial charge in [0.1, 0.15) is 12.3 Å². The molecule has 0 saturated carbocycles. The molecule has 0 radical (unpaired) electrons. The van der Waals surface area contributed by atoms with Crippen LogP contribution in [0.25, 0.3) is 0 Å². The van der Waals surface area contributed by atoms with Gasteiger partial charge in [-0.15, -0.1) is 0 Å². The summed E-state index contributed by atoms with van der Waals surface area (Å²) in [5, 5.41) is 9.77. The van der Waals surface area contributed by atoms with Gasteiger partial charge in [0.05, 0.1) is 12.7 Å². The normalized spacial score (nSPS) is 27.6. The van der Waals surface area contributed by atoms with E-state index in [1.54, 1.807) is 6.92 Å². The maximum absolute atomic E-state index is 11.7. The molecular formula is C11H16N2O5. The molecule has 1 aromatic heterocycles. The van der Waals surface area contributed by atoms with Gasteiger partial charge in [-0.05, 0) is 6.92 Å². The fourth-order valence-corrected chi connectivity index (χ4v) is 2.00. The van der Waals surface area contributed by atoms with E-state index in [0.29, 0.717) is 12.0 Å². The highest BCUT2D eigenvalue weighted by atomic mass is 16.6. The highest BCUT2D eigenvalue weighted by Gasteiger charge is 2.35. The molecule has 2 heterocycles. The van der Waals surface area contributed by atoms with Gasteiger partial charge in [-0.1, -0.05) is 0 Å². The summed E-state index contributed by atoms with van der Waals surface area (Å²) in [6.07, 6.45) is 0.00378. The molecule has 3 atom stereocenters. The molecule has 1 aliphatic rings. The third-order valence-electron chi connectivity index (χ3n) is 2.99. The van der Waals surface area contributed by atoms with E-state index in [2.05, 4.69) is 4.98 Å². The van der Waals surface area contributed by atoms with Crippen molar-refractivity contribution >= 4 is 0 Å². The standard InChI is InChI=1S/C11H16N2O5/c1-6-4-13(11(16)12-10(6)15)9-3-7(14)8(18-9)5-17-2/h4,7-9,14H,3,5H2,1-2H3,(H,12,15,16)/t7-,8-,9-/m0/s1. The molecule has 1 aliphatic heterocycles. The molecule has 7 heteroatoms. The molecule has 100 valence electrons. The third kappa shape index (κ3) is 2.38. The maximum atomic E-state index is 11.7. The molecule has 1 aromatic rings. The van der Waals surface area contributed by atoms with Gasteiger partial charge in [0.15, 0.2) is 0 Å². The Hall–Kier alpha value is -1.44. The van der Waals surface area contributed by atoms with E-state index in [-0.39, 0.29) is 6.61 Å². The molecule has 2 N–H and O–H groups in total. The minimum atomic E-state index is -0.686. The predicted molar refractivity (Wildman–Crippen MR) is 62.5 cm³/mol. The zero-order chi connectivity index (χ0) is 13.3. The minimum Gasteiger partial charge on any atom is -0.390 e. The molecule has 0 aliphatic carbocycles. The fourth-order valence-electron chi connectivity index (χ4n) is 2.00. The SMILES string of the molecule is COC[C@@H]1O[C@H](n2cc(C)c(=O)[nH]c2=O)C[C@@H]1O. The summed E-state index contributed by atoms with van der Waals surface area (Å²) in [7, 11) is 1.51. The predicted octanol–water partition coefficient (Wildman–Crippen LogP) is -0.860. The molecule has 1 fully saturated rings. The van der Waals surface area contributed by atoms with Crippen molar-refractivity contribution in [2.45, 2.75) is 31.8 Å². The highest BCUT2D eigenvalue weighted by molar-refractivity contribution is 5.02. The number of aromatic nitrogens is 2. The second-order valence-electron chi connectivity index (χ2n) is 4.37. The van der Waals surface area contributed by atoms with Crippen molar-refractivity contribution in [2.24, 2.45) is 0 Å². The first-order valence-corrected chi connectivity index (χ1v) is 5.67. The van der Waals surface area contributed by atoms with Crippen molar-refractivity contribution in [1.82, 2.24) is 9.55 Å². The summed E-state index contributed by atoms with van der Waals surface area (Å²) in [4.78, 5) is 25.1. The minimum absolute atomic E-state index is 0.259. The summed E-state index contributed by atoms with van der Waals surface area (Å²) in [6, 6.07) is 0. The van der Waals surface area contributed by atoms with Crippen molar-refractivity contribution in [3.05, 3.63) is 32.6 Å². The average Bonchev–Trinajstić information content (AvgIpc) is 2.66. The number of nitrogens with one attached hydrogen (secondary N) is 1. The van der Waals surface area contributed by atoms with Gasteiger partial charge < -0.3 is 14.6 Å². The molecule has 18 heavy (non-hydrogen) atoms. The van der Waals surface area contributed by atoms with E-state index in [1.807, 2.05) is 0 Å².